The van der Waals surface area contributed by atoms with E-state index in [0.717, 1.165) is 55.0 Å². The lowest BCUT2D eigenvalue weighted by Gasteiger charge is -2.10. The second kappa shape index (κ2) is 9.86. The van der Waals surface area contributed by atoms with E-state index in [-0.39, 0.29) is 0 Å². The van der Waals surface area contributed by atoms with Crippen LogP contribution in [0.2, 0.25) is 0 Å². The number of furan rings is 2. The van der Waals surface area contributed by atoms with Crippen LogP contribution in [-0.2, 0) is 0 Å². The lowest BCUT2D eigenvalue weighted by Crippen LogP contribution is -1.85. The van der Waals surface area contributed by atoms with Crippen LogP contribution in [0.15, 0.2) is 167 Å². The molecular weight excluding hydrogens is 536 g/mol. The fraction of sp³-hybridized carbons (Fsp3) is 0. The highest BCUT2D eigenvalue weighted by atomic mass is 16.3. The standard InChI is InChI=1S/C42H26O2/c1-2-10-27(11-3-1)28-12-6-13-29(22-28)30-14-7-15-31(23-30)32-16-8-17-33(24-32)34-19-9-21-39-42(34)37-26-40-36(25-41(37)44-39)35-18-4-5-20-38(35)43-40/h1-26H. The van der Waals surface area contributed by atoms with Gasteiger partial charge in [-0.2, -0.15) is 0 Å². The minimum absolute atomic E-state index is 0.869. The van der Waals surface area contributed by atoms with Crippen LogP contribution >= 0.6 is 0 Å². The van der Waals surface area contributed by atoms with Gasteiger partial charge in [-0.3, -0.25) is 0 Å². The molecule has 0 N–H and O–H groups in total. The van der Waals surface area contributed by atoms with E-state index < -0.39 is 0 Å². The van der Waals surface area contributed by atoms with Gasteiger partial charge in [-0.15, -0.1) is 0 Å². The molecule has 0 saturated carbocycles. The van der Waals surface area contributed by atoms with Crippen molar-refractivity contribution < 1.29 is 8.83 Å². The Labute approximate surface area is 254 Å². The number of fused-ring (bicyclic) bond motifs is 6. The summed E-state index contributed by atoms with van der Waals surface area (Å²) in [7, 11) is 0. The van der Waals surface area contributed by atoms with E-state index in [1.807, 2.05) is 18.2 Å². The van der Waals surface area contributed by atoms with Gasteiger partial charge in [0.15, 0.2) is 0 Å². The van der Waals surface area contributed by atoms with Gasteiger partial charge < -0.3 is 8.83 Å². The molecule has 2 aromatic heterocycles. The number of hydrogen-bond acceptors (Lipinski definition) is 2. The van der Waals surface area contributed by atoms with Gasteiger partial charge in [0.25, 0.3) is 0 Å². The van der Waals surface area contributed by atoms with Crippen LogP contribution < -0.4 is 0 Å². The first-order valence-electron chi connectivity index (χ1n) is 14.9. The summed E-state index contributed by atoms with van der Waals surface area (Å²) in [5.41, 5.74) is 13.0. The average Bonchev–Trinajstić information content (AvgIpc) is 3.65. The second-order valence-electron chi connectivity index (χ2n) is 11.3. The number of para-hydroxylation sites is 1. The molecule has 0 aliphatic rings. The Bertz CT molecular complexity index is 2490. The van der Waals surface area contributed by atoms with Gasteiger partial charge >= 0.3 is 0 Å². The van der Waals surface area contributed by atoms with Crippen molar-refractivity contribution in [2.45, 2.75) is 0 Å². The summed E-state index contributed by atoms with van der Waals surface area (Å²) in [4.78, 5) is 0. The van der Waals surface area contributed by atoms with E-state index >= 15 is 0 Å². The van der Waals surface area contributed by atoms with Crippen LogP contribution in [-0.4, -0.2) is 0 Å². The summed E-state index contributed by atoms with van der Waals surface area (Å²) < 4.78 is 12.7. The highest BCUT2D eigenvalue weighted by Gasteiger charge is 2.16. The van der Waals surface area contributed by atoms with Gasteiger partial charge in [0.2, 0.25) is 0 Å². The van der Waals surface area contributed by atoms with Gasteiger partial charge in [0.05, 0.1) is 0 Å². The van der Waals surface area contributed by atoms with Crippen LogP contribution in [0.1, 0.15) is 0 Å². The molecule has 2 heterocycles. The van der Waals surface area contributed by atoms with Gasteiger partial charge in [-0.25, -0.2) is 0 Å². The zero-order valence-corrected chi connectivity index (χ0v) is 23.8. The van der Waals surface area contributed by atoms with Crippen LogP contribution in [0.4, 0.5) is 0 Å². The maximum Gasteiger partial charge on any atom is 0.136 e. The van der Waals surface area contributed by atoms with Crippen molar-refractivity contribution in [3.63, 3.8) is 0 Å². The zero-order valence-electron chi connectivity index (χ0n) is 23.8. The van der Waals surface area contributed by atoms with E-state index in [0.29, 0.717) is 0 Å². The molecule has 2 heteroatoms. The molecule has 0 amide bonds. The van der Waals surface area contributed by atoms with Crippen LogP contribution in [0.5, 0.6) is 0 Å². The van der Waals surface area contributed by atoms with Crippen LogP contribution in [0.25, 0.3) is 88.4 Å². The summed E-state index contributed by atoms with van der Waals surface area (Å²) in [6.45, 7) is 0. The molecule has 44 heavy (non-hydrogen) atoms. The molecule has 0 atom stereocenters. The summed E-state index contributed by atoms with van der Waals surface area (Å²) in [5.74, 6) is 0. The predicted octanol–water partition coefficient (Wildman–Crippen LogP) is 12.2. The van der Waals surface area contributed by atoms with E-state index in [1.54, 1.807) is 0 Å². The summed E-state index contributed by atoms with van der Waals surface area (Å²) in [6.07, 6.45) is 0. The molecule has 0 saturated heterocycles. The minimum Gasteiger partial charge on any atom is -0.456 e. The quantitative estimate of drug-likeness (QED) is 0.213. The number of benzene rings is 7. The Balaban J connectivity index is 1.14. The van der Waals surface area contributed by atoms with Crippen molar-refractivity contribution in [3.8, 4) is 44.5 Å². The SMILES string of the molecule is c1ccc(-c2cccc(-c3cccc(-c4cccc(-c5cccc6oc7cc8c(cc7c56)oc5ccccc58)c4)c3)c2)cc1. The van der Waals surface area contributed by atoms with Crippen molar-refractivity contribution in [2.75, 3.05) is 0 Å². The first-order valence-corrected chi connectivity index (χ1v) is 14.9. The third-order valence-electron chi connectivity index (χ3n) is 8.67. The summed E-state index contributed by atoms with van der Waals surface area (Å²) in [5, 5.41) is 4.35. The molecule has 2 nitrogen and oxygen atoms in total. The molecule has 0 spiro atoms. The Hall–Kier alpha value is -5.86. The molecule has 9 aromatic rings. The van der Waals surface area contributed by atoms with Gasteiger partial charge in [-0.1, -0.05) is 115 Å². The van der Waals surface area contributed by atoms with Gasteiger partial charge in [-0.05, 0) is 87.0 Å². The van der Waals surface area contributed by atoms with Gasteiger partial charge in [0, 0.05) is 21.5 Å². The third-order valence-corrected chi connectivity index (χ3v) is 8.67. The highest BCUT2D eigenvalue weighted by Crippen LogP contribution is 2.41. The molecule has 9 rings (SSSR count). The molecule has 7 aromatic carbocycles. The second-order valence-corrected chi connectivity index (χ2v) is 11.3. The largest absolute Gasteiger partial charge is 0.456 e. The van der Waals surface area contributed by atoms with Crippen molar-refractivity contribution in [1.29, 1.82) is 0 Å². The minimum atomic E-state index is 0.869. The van der Waals surface area contributed by atoms with Crippen molar-refractivity contribution >= 4 is 43.9 Å². The lowest BCUT2D eigenvalue weighted by molar-refractivity contribution is 0.664. The molecule has 0 fully saturated rings. The van der Waals surface area contributed by atoms with Crippen molar-refractivity contribution in [2.24, 2.45) is 0 Å². The maximum atomic E-state index is 6.42. The predicted molar refractivity (Wildman–Crippen MR) is 183 cm³/mol. The van der Waals surface area contributed by atoms with Crippen molar-refractivity contribution in [1.82, 2.24) is 0 Å². The summed E-state index contributed by atoms with van der Waals surface area (Å²) >= 11 is 0. The Kier molecular flexibility index (Phi) is 5.54. The molecule has 0 bridgehead atoms. The van der Waals surface area contributed by atoms with E-state index in [2.05, 4.69) is 140 Å². The van der Waals surface area contributed by atoms with Gasteiger partial charge in [0.1, 0.15) is 22.3 Å². The zero-order chi connectivity index (χ0) is 29.0. The summed E-state index contributed by atoms with van der Waals surface area (Å²) in [6, 6.07) is 55.7. The number of hydrogen-bond donors (Lipinski definition) is 0. The normalized spacial score (nSPS) is 11.6. The third kappa shape index (κ3) is 4.04. The molecule has 0 aliphatic heterocycles. The Morgan fingerprint density at radius 1 is 0.273 bits per heavy atom. The monoisotopic (exact) mass is 562 g/mol. The smallest absolute Gasteiger partial charge is 0.136 e. The first kappa shape index (κ1) is 24.7. The van der Waals surface area contributed by atoms with Crippen molar-refractivity contribution in [3.05, 3.63) is 158 Å². The van der Waals surface area contributed by atoms with E-state index in [4.69, 9.17) is 8.83 Å². The fourth-order valence-corrected chi connectivity index (χ4v) is 6.54. The molecule has 0 unspecified atom stereocenters. The topological polar surface area (TPSA) is 26.3 Å². The first-order chi connectivity index (χ1) is 21.8. The Morgan fingerprint density at radius 2 is 0.750 bits per heavy atom. The lowest BCUT2D eigenvalue weighted by atomic mass is 9.93. The molecule has 0 aliphatic carbocycles. The molecule has 0 radical (unpaired) electrons. The molecule has 206 valence electrons. The average molecular weight is 563 g/mol. The van der Waals surface area contributed by atoms with Crippen LogP contribution in [0.3, 0.4) is 0 Å². The van der Waals surface area contributed by atoms with Crippen LogP contribution in [0, 0.1) is 0 Å². The fourth-order valence-electron chi connectivity index (χ4n) is 6.54. The Morgan fingerprint density at radius 3 is 1.48 bits per heavy atom. The van der Waals surface area contributed by atoms with E-state index in [9.17, 15) is 0 Å². The highest BCUT2D eigenvalue weighted by molar-refractivity contribution is 6.18. The molecular formula is C42H26O2. The maximum absolute atomic E-state index is 6.42. The van der Waals surface area contributed by atoms with E-state index in [1.165, 1.54) is 33.4 Å². The number of rotatable bonds is 4.